The second kappa shape index (κ2) is 12.4. The van der Waals surface area contributed by atoms with Crippen molar-refractivity contribution < 1.29 is 13.9 Å². The summed E-state index contributed by atoms with van der Waals surface area (Å²) in [4.78, 5) is 6.68. The van der Waals surface area contributed by atoms with E-state index in [0.717, 1.165) is 30.1 Å². The average molecular weight is 501 g/mol. The Kier molecular flexibility index (Phi) is 10.7. The van der Waals surface area contributed by atoms with Gasteiger partial charge in [-0.15, -0.1) is 24.0 Å². The van der Waals surface area contributed by atoms with E-state index in [4.69, 9.17) is 14.5 Å². The second-order valence-corrected chi connectivity index (χ2v) is 6.16. The van der Waals surface area contributed by atoms with E-state index in [9.17, 15) is 4.39 Å². The van der Waals surface area contributed by atoms with Gasteiger partial charge in [0.2, 0.25) is 0 Å². The van der Waals surface area contributed by atoms with Crippen LogP contribution in [0.25, 0.3) is 0 Å². The summed E-state index contributed by atoms with van der Waals surface area (Å²) in [7, 11) is 5.20. The zero-order valence-corrected chi connectivity index (χ0v) is 19.2. The largest absolute Gasteiger partial charge is 0.493 e. The molecule has 154 valence electrons. The van der Waals surface area contributed by atoms with Gasteiger partial charge in [0, 0.05) is 26.7 Å². The maximum Gasteiger partial charge on any atom is 0.193 e. The van der Waals surface area contributed by atoms with Crippen LogP contribution in [-0.4, -0.2) is 45.2 Å². The highest BCUT2D eigenvalue weighted by atomic mass is 127. The van der Waals surface area contributed by atoms with Crippen molar-refractivity contribution in [2.24, 2.45) is 4.99 Å². The van der Waals surface area contributed by atoms with Crippen molar-refractivity contribution in [2.75, 3.05) is 34.4 Å². The van der Waals surface area contributed by atoms with Gasteiger partial charge in [-0.25, -0.2) is 4.39 Å². The number of methoxy groups -OCH3 is 2. The fraction of sp³-hybridized carbons (Fsp3) is 0.381. The summed E-state index contributed by atoms with van der Waals surface area (Å²) in [5, 5.41) is 3.28. The van der Waals surface area contributed by atoms with Crippen LogP contribution >= 0.6 is 24.0 Å². The first-order chi connectivity index (χ1) is 13.1. The molecule has 0 saturated carbocycles. The summed E-state index contributed by atoms with van der Waals surface area (Å²) < 4.78 is 24.0. The smallest absolute Gasteiger partial charge is 0.193 e. The normalized spacial score (nSPS) is 10.8. The lowest BCUT2D eigenvalue weighted by atomic mass is 10.1. The summed E-state index contributed by atoms with van der Waals surface area (Å²) in [6, 6.07) is 12.5. The number of nitrogens with one attached hydrogen (secondary N) is 1. The van der Waals surface area contributed by atoms with Crippen molar-refractivity contribution in [3.63, 3.8) is 0 Å². The zero-order valence-electron chi connectivity index (χ0n) is 16.9. The quantitative estimate of drug-likeness (QED) is 0.336. The van der Waals surface area contributed by atoms with Crippen LogP contribution in [0.15, 0.2) is 47.5 Å². The molecular formula is C21H29FIN3O2. The van der Waals surface area contributed by atoms with Crippen molar-refractivity contribution in [1.29, 1.82) is 0 Å². The van der Waals surface area contributed by atoms with Crippen LogP contribution in [-0.2, 0) is 13.0 Å². The molecular weight excluding hydrogens is 472 g/mol. The van der Waals surface area contributed by atoms with Gasteiger partial charge in [0.15, 0.2) is 17.5 Å². The molecule has 0 aliphatic heterocycles. The molecule has 2 rings (SSSR count). The molecule has 0 saturated heterocycles. The first-order valence-corrected chi connectivity index (χ1v) is 9.02. The molecule has 1 N–H and O–H groups in total. The number of halogens is 2. The van der Waals surface area contributed by atoms with Crippen LogP contribution in [0.1, 0.15) is 18.1 Å². The fourth-order valence-electron chi connectivity index (χ4n) is 2.78. The molecule has 0 spiro atoms. The van der Waals surface area contributed by atoms with Crippen LogP contribution in [0.3, 0.4) is 0 Å². The molecule has 5 nitrogen and oxygen atoms in total. The molecule has 0 atom stereocenters. The average Bonchev–Trinajstić information content (AvgIpc) is 2.67. The molecule has 0 aromatic heterocycles. The Morgan fingerprint density at radius 3 is 2.46 bits per heavy atom. The van der Waals surface area contributed by atoms with Gasteiger partial charge >= 0.3 is 0 Å². The summed E-state index contributed by atoms with van der Waals surface area (Å²) in [6.07, 6.45) is 0.781. The lowest BCUT2D eigenvalue weighted by Crippen LogP contribution is -2.38. The van der Waals surface area contributed by atoms with E-state index in [0.29, 0.717) is 24.6 Å². The third-order valence-corrected chi connectivity index (χ3v) is 4.12. The number of guanidine groups is 1. The van der Waals surface area contributed by atoms with Crippen molar-refractivity contribution in [2.45, 2.75) is 19.9 Å². The fourth-order valence-corrected chi connectivity index (χ4v) is 2.78. The van der Waals surface area contributed by atoms with E-state index in [1.807, 2.05) is 43.1 Å². The minimum atomic E-state index is -0.226. The molecule has 0 unspecified atom stereocenters. The van der Waals surface area contributed by atoms with E-state index in [1.165, 1.54) is 6.07 Å². The highest BCUT2D eigenvalue weighted by molar-refractivity contribution is 14.0. The third kappa shape index (κ3) is 7.18. The van der Waals surface area contributed by atoms with Crippen LogP contribution in [0.5, 0.6) is 11.5 Å². The van der Waals surface area contributed by atoms with Gasteiger partial charge in [-0.3, -0.25) is 4.99 Å². The van der Waals surface area contributed by atoms with Gasteiger partial charge in [-0.2, -0.15) is 0 Å². The van der Waals surface area contributed by atoms with E-state index < -0.39 is 0 Å². The van der Waals surface area contributed by atoms with E-state index >= 15 is 0 Å². The SMILES string of the molecule is CCNC(=NCCc1ccc(OC)c(OC)c1)N(C)Cc1cccc(F)c1.I. The molecule has 7 heteroatoms. The Morgan fingerprint density at radius 1 is 1.07 bits per heavy atom. The second-order valence-electron chi connectivity index (χ2n) is 6.16. The van der Waals surface area contributed by atoms with Crippen molar-refractivity contribution >= 4 is 29.9 Å². The Hall–Kier alpha value is -2.03. The standard InChI is InChI=1S/C21H28FN3O2.HI/c1-5-23-21(25(2)15-17-7-6-8-18(22)13-17)24-12-11-16-9-10-19(26-3)20(14-16)27-4;/h6-10,13-14H,5,11-12,15H2,1-4H3,(H,23,24);1H. The number of benzene rings is 2. The number of hydrogen-bond donors (Lipinski definition) is 1. The van der Waals surface area contributed by atoms with Gasteiger partial charge in [0.1, 0.15) is 5.82 Å². The van der Waals surface area contributed by atoms with Crippen molar-refractivity contribution in [1.82, 2.24) is 10.2 Å². The molecule has 0 amide bonds. The lowest BCUT2D eigenvalue weighted by Gasteiger charge is -2.22. The molecule has 2 aromatic carbocycles. The molecule has 0 aliphatic carbocycles. The molecule has 0 fully saturated rings. The zero-order chi connectivity index (χ0) is 19.6. The molecule has 0 bridgehead atoms. The van der Waals surface area contributed by atoms with Crippen molar-refractivity contribution in [3.8, 4) is 11.5 Å². The highest BCUT2D eigenvalue weighted by Crippen LogP contribution is 2.27. The Bertz CT molecular complexity index is 771. The Morgan fingerprint density at radius 2 is 1.82 bits per heavy atom. The third-order valence-electron chi connectivity index (χ3n) is 4.12. The topological polar surface area (TPSA) is 46.1 Å². The molecule has 0 heterocycles. The number of rotatable bonds is 8. The maximum absolute atomic E-state index is 13.4. The minimum absolute atomic E-state index is 0. The van der Waals surface area contributed by atoms with E-state index in [2.05, 4.69) is 5.32 Å². The molecule has 2 aromatic rings. The summed E-state index contributed by atoms with van der Waals surface area (Å²) in [5.41, 5.74) is 2.03. The first-order valence-electron chi connectivity index (χ1n) is 9.02. The Balaban J connectivity index is 0.00000392. The van der Waals surface area contributed by atoms with Gasteiger partial charge < -0.3 is 19.7 Å². The first kappa shape index (κ1) is 24.0. The number of ether oxygens (including phenoxy) is 2. The van der Waals surface area contributed by atoms with Gasteiger partial charge in [0.25, 0.3) is 0 Å². The predicted octanol–water partition coefficient (Wildman–Crippen LogP) is 4.10. The van der Waals surface area contributed by atoms with Gasteiger partial charge in [0.05, 0.1) is 14.2 Å². The lowest BCUT2D eigenvalue weighted by molar-refractivity contribution is 0.354. The predicted molar refractivity (Wildman–Crippen MR) is 123 cm³/mol. The highest BCUT2D eigenvalue weighted by Gasteiger charge is 2.08. The molecule has 0 radical (unpaired) electrons. The maximum atomic E-state index is 13.4. The van der Waals surface area contributed by atoms with Gasteiger partial charge in [-0.05, 0) is 48.7 Å². The van der Waals surface area contributed by atoms with E-state index in [1.54, 1.807) is 26.4 Å². The van der Waals surface area contributed by atoms with Crippen LogP contribution in [0, 0.1) is 5.82 Å². The molecule has 0 aliphatic rings. The van der Waals surface area contributed by atoms with Crippen LogP contribution < -0.4 is 14.8 Å². The van der Waals surface area contributed by atoms with Crippen LogP contribution in [0.2, 0.25) is 0 Å². The molecule has 28 heavy (non-hydrogen) atoms. The monoisotopic (exact) mass is 501 g/mol. The summed E-state index contributed by atoms with van der Waals surface area (Å²) in [6.45, 7) is 4.01. The minimum Gasteiger partial charge on any atom is -0.493 e. The van der Waals surface area contributed by atoms with Crippen molar-refractivity contribution in [3.05, 3.63) is 59.4 Å². The van der Waals surface area contributed by atoms with E-state index in [-0.39, 0.29) is 29.8 Å². The number of aliphatic imine (C=N–C) groups is 1. The Labute approximate surface area is 184 Å². The summed E-state index contributed by atoms with van der Waals surface area (Å²) in [5.74, 6) is 2.00. The summed E-state index contributed by atoms with van der Waals surface area (Å²) >= 11 is 0. The van der Waals surface area contributed by atoms with Crippen LogP contribution in [0.4, 0.5) is 4.39 Å². The number of hydrogen-bond acceptors (Lipinski definition) is 3. The van der Waals surface area contributed by atoms with Gasteiger partial charge in [-0.1, -0.05) is 18.2 Å². The number of nitrogens with zero attached hydrogens (tertiary/aromatic N) is 2.